The highest BCUT2D eigenvalue weighted by atomic mass is 16.3. The highest BCUT2D eigenvalue weighted by Crippen LogP contribution is 2.30. The van der Waals surface area contributed by atoms with E-state index in [0.717, 1.165) is 19.5 Å². The molecule has 1 unspecified atom stereocenters. The van der Waals surface area contributed by atoms with Crippen molar-refractivity contribution in [2.45, 2.75) is 38.8 Å². The molecule has 18 heavy (non-hydrogen) atoms. The number of rotatable bonds is 3. The Kier molecular flexibility index (Phi) is 3.93. The fourth-order valence-electron chi connectivity index (χ4n) is 2.93. The number of nitrogens with zero attached hydrogens (tertiary/aromatic N) is 1. The average molecular weight is 248 g/mol. The maximum Gasteiger partial charge on any atom is 0.0473 e. The summed E-state index contributed by atoms with van der Waals surface area (Å²) in [5, 5.41) is 12.7. The van der Waals surface area contributed by atoms with Gasteiger partial charge in [0.2, 0.25) is 0 Å². The molecule has 1 aliphatic rings. The molecule has 1 atom stereocenters. The zero-order valence-electron chi connectivity index (χ0n) is 11.6. The number of aryl methyl sites for hydroxylation is 1. The Morgan fingerprint density at radius 2 is 2.22 bits per heavy atom. The topological polar surface area (TPSA) is 35.5 Å². The number of hydrogen-bond donors (Lipinski definition) is 2. The normalized spacial score (nSPS) is 23.1. The van der Waals surface area contributed by atoms with Crippen molar-refractivity contribution in [3.8, 4) is 0 Å². The first-order chi connectivity index (χ1) is 8.54. The number of anilines is 1. The van der Waals surface area contributed by atoms with E-state index >= 15 is 0 Å². The summed E-state index contributed by atoms with van der Waals surface area (Å²) < 4.78 is 0. The molecule has 2 rings (SSSR count). The van der Waals surface area contributed by atoms with Crippen LogP contribution in [-0.2, 0) is 0 Å². The van der Waals surface area contributed by atoms with E-state index in [1.807, 2.05) is 0 Å². The molecule has 0 aromatic heterocycles. The molecule has 0 bridgehead atoms. The van der Waals surface area contributed by atoms with Gasteiger partial charge in [-0.25, -0.2) is 0 Å². The summed E-state index contributed by atoms with van der Waals surface area (Å²) in [4.78, 5) is 2.46. The van der Waals surface area contributed by atoms with Crippen LogP contribution in [0.4, 0.5) is 5.69 Å². The molecule has 3 heteroatoms. The van der Waals surface area contributed by atoms with Crippen LogP contribution in [0.15, 0.2) is 24.3 Å². The van der Waals surface area contributed by atoms with E-state index in [4.69, 9.17) is 0 Å². The van der Waals surface area contributed by atoms with Gasteiger partial charge < -0.3 is 15.3 Å². The minimum atomic E-state index is 0.0753. The van der Waals surface area contributed by atoms with Crippen molar-refractivity contribution in [2.75, 3.05) is 24.6 Å². The van der Waals surface area contributed by atoms with Crippen molar-refractivity contribution in [1.82, 2.24) is 5.32 Å². The Morgan fingerprint density at radius 3 is 2.89 bits per heavy atom. The molecule has 0 radical (unpaired) electrons. The van der Waals surface area contributed by atoms with E-state index in [1.54, 1.807) is 0 Å². The van der Waals surface area contributed by atoms with Crippen molar-refractivity contribution in [3.63, 3.8) is 0 Å². The molecule has 1 aromatic rings. The molecule has 1 fully saturated rings. The lowest BCUT2D eigenvalue weighted by molar-refractivity contribution is 0.241. The van der Waals surface area contributed by atoms with Gasteiger partial charge in [-0.3, -0.25) is 0 Å². The smallest absolute Gasteiger partial charge is 0.0473 e. The molecule has 3 nitrogen and oxygen atoms in total. The van der Waals surface area contributed by atoms with Crippen LogP contribution in [0.1, 0.15) is 25.8 Å². The Morgan fingerprint density at radius 1 is 1.44 bits per heavy atom. The van der Waals surface area contributed by atoms with Gasteiger partial charge in [-0.05, 0) is 44.9 Å². The van der Waals surface area contributed by atoms with E-state index in [0.29, 0.717) is 6.04 Å². The SMILES string of the molecule is Cc1cccc(N2C(CCO)CNCC2(C)C)c1. The highest BCUT2D eigenvalue weighted by Gasteiger charge is 2.35. The standard InChI is InChI=1S/C15H24N2O/c1-12-5-4-6-13(9-12)17-14(7-8-18)10-16-11-15(17,2)3/h4-6,9,14,16,18H,7-8,10-11H2,1-3H3. The number of aliphatic hydroxyl groups is 1. The minimum Gasteiger partial charge on any atom is -0.396 e. The predicted octanol–water partition coefficient (Wildman–Crippen LogP) is 1.93. The van der Waals surface area contributed by atoms with Crippen molar-refractivity contribution >= 4 is 5.69 Å². The molecule has 0 aliphatic carbocycles. The van der Waals surface area contributed by atoms with E-state index in [1.165, 1.54) is 11.3 Å². The molecule has 1 aromatic carbocycles. The van der Waals surface area contributed by atoms with Gasteiger partial charge in [-0.1, -0.05) is 12.1 Å². The average Bonchev–Trinajstić information content (AvgIpc) is 2.28. The van der Waals surface area contributed by atoms with Gasteiger partial charge in [0, 0.05) is 37.0 Å². The van der Waals surface area contributed by atoms with Crippen LogP contribution in [0.3, 0.4) is 0 Å². The summed E-state index contributed by atoms with van der Waals surface area (Å²) in [6.45, 7) is 8.79. The molecular weight excluding hydrogens is 224 g/mol. The fourth-order valence-corrected chi connectivity index (χ4v) is 2.93. The first-order valence-electron chi connectivity index (χ1n) is 6.72. The lowest BCUT2D eigenvalue weighted by Crippen LogP contribution is -2.63. The summed E-state index contributed by atoms with van der Waals surface area (Å²) in [6, 6.07) is 9.00. The number of aliphatic hydroxyl groups excluding tert-OH is 1. The van der Waals surface area contributed by atoms with Crippen LogP contribution in [0.5, 0.6) is 0 Å². The van der Waals surface area contributed by atoms with Gasteiger partial charge >= 0.3 is 0 Å². The monoisotopic (exact) mass is 248 g/mol. The second kappa shape index (κ2) is 5.29. The summed E-state index contributed by atoms with van der Waals surface area (Å²) in [5.74, 6) is 0. The quantitative estimate of drug-likeness (QED) is 0.858. The molecule has 0 saturated carbocycles. The third-order valence-corrected chi connectivity index (χ3v) is 3.70. The van der Waals surface area contributed by atoms with Gasteiger partial charge in [0.1, 0.15) is 0 Å². The van der Waals surface area contributed by atoms with Crippen molar-refractivity contribution in [1.29, 1.82) is 0 Å². The van der Waals surface area contributed by atoms with E-state index in [-0.39, 0.29) is 12.1 Å². The predicted molar refractivity (Wildman–Crippen MR) is 76.1 cm³/mol. The summed E-state index contributed by atoms with van der Waals surface area (Å²) in [7, 11) is 0. The largest absolute Gasteiger partial charge is 0.396 e. The molecule has 0 spiro atoms. The van der Waals surface area contributed by atoms with Crippen molar-refractivity contribution in [3.05, 3.63) is 29.8 Å². The molecule has 1 heterocycles. The van der Waals surface area contributed by atoms with Crippen LogP contribution in [-0.4, -0.2) is 36.4 Å². The molecule has 2 N–H and O–H groups in total. The second-order valence-electron chi connectivity index (χ2n) is 5.82. The summed E-state index contributed by atoms with van der Waals surface area (Å²) >= 11 is 0. The molecule has 0 amide bonds. The third kappa shape index (κ3) is 2.68. The highest BCUT2D eigenvalue weighted by molar-refractivity contribution is 5.52. The first kappa shape index (κ1) is 13.4. The lowest BCUT2D eigenvalue weighted by Gasteiger charge is -2.50. The fraction of sp³-hybridized carbons (Fsp3) is 0.600. The number of piperazine rings is 1. The lowest BCUT2D eigenvalue weighted by atomic mass is 9.93. The third-order valence-electron chi connectivity index (χ3n) is 3.70. The van der Waals surface area contributed by atoms with Crippen LogP contribution in [0.25, 0.3) is 0 Å². The van der Waals surface area contributed by atoms with E-state index < -0.39 is 0 Å². The molecule has 100 valence electrons. The Balaban J connectivity index is 2.34. The summed E-state index contributed by atoms with van der Waals surface area (Å²) in [6.07, 6.45) is 0.810. The second-order valence-corrected chi connectivity index (χ2v) is 5.82. The van der Waals surface area contributed by atoms with E-state index in [2.05, 4.69) is 55.3 Å². The van der Waals surface area contributed by atoms with Crippen molar-refractivity contribution in [2.24, 2.45) is 0 Å². The number of benzene rings is 1. The zero-order chi connectivity index (χ0) is 13.2. The molecule has 1 aliphatic heterocycles. The maximum atomic E-state index is 9.25. The van der Waals surface area contributed by atoms with E-state index in [9.17, 15) is 5.11 Å². The van der Waals surface area contributed by atoms with Gasteiger partial charge in [0.05, 0.1) is 0 Å². The maximum absolute atomic E-state index is 9.25. The first-order valence-corrected chi connectivity index (χ1v) is 6.72. The molecule has 1 saturated heterocycles. The summed E-state index contributed by atoms with van der Waals surface area (Å²) in [5.41, 5.74) is 2.62. The van der Waals surface area contributed by atoms with Crippen LogP contribution in [0.2, 0.25) is 0 Å². The Bertz CT molecular complexity index is 401. The Labute approximate surface area is 110 Å². The van der Waals surface area contributed by atoms with Gasteiger partial charge in [0.25, 0.3) is 0 Å². The van der Waals surface area contributed by atoms with Crippen LogP contribution in [0, 0.1) is 6.92 Å². The molecular formula is C15H24N2O. The minimum absolute atomic E-state index is 0.0753. The van der Waals surface area contributed by atoms with Gasteiger partial charge in [0.15, 0.2) is 0 Å². The number of hydrogen-bond acceptors (Lipinski definition) is 3. The van der Waals surface area contributed by atoms with Crippen LogP contribution < -0.4 is 10.2 Å². The zero-order valence-corrected chi connectivity index (χ0v) is 11.6. The Hall–Kier alpha value is -1.06. The van der Waals surface area contributed by atoms with Crippen molar-refractivity contribution < 1.29 is 5.11 Å². The van der Waals surface area contributed by atoms with Crippen LogP contribution >= 0.6 is 0 Å². The van der Waals surface area contributed by atoms with Gasteiger partial charge in [-0.15, -0.1) is 0 Å². The van der Waals surface area contributed by atoms with Gasteiger partial charge in [-0.2, -0.15) is 0 Å². The number of nitrogens with one attached hydrogen (secondary N) is 1.